The lowest BCUT2D eigenvalue weighted by molar-refractivity contribution is -0.120. The average molecular weight is 216 g/mol. The standard InChI is InChI=1S/C13H16N2O/c1-13(2,9-14)10-15-12(16)8-11-6-4-3-5-7-11/h3-7H,8,10H2,1-2H3,(H,15,16). The second-order valence-corrected chi connectivity index (χ2v) is 4.43. The summed E-state index contributed by atoms with van der Waals surface area (Å²) in [6.07, 6.45) is 0.363. The molecule has 0 aliphatic rings. The third-order valence-electron chi connectivity index (χ3n) is 2.24. The highest BCUT2D eigenvalue weighted by molar-refractivity contribution is 5.78. The van der Waals surface area contributed by atoms with E-state index in [0.717, 1.165) is 5.56 Å². The maximum atomic E-state index is 11.6. The lowest BCUT2D eigenvalue weighted by Gasteiger charge is -2.15. The van der Waals surface area contributed by atoms with E-state index >= 15 is 0 Å². The van der Waals surface area contributed by atoms with Crippen LogP contribution in [0.4, 0.5) is 0 Å². The molecule has 0 aromatic heterocycles. The van der Waals surface area contributed by atoms with Gasteiger partial charge in [0.25, 0.3) is 0 Å². The minimum absolute atomic E-state index is 0.0467. The molecular weight excluding hydrogens is 200 g/mol. The van der Waals surface area contributed by atoms with Crippen molar-refractivity contribution in [2.75, 3.05) is 6.54 Å². The van der Waals surface area contributed by atoms with Gasteiger partial charge < -0.3 is 5.32 Å². The van der Waals surface area contributed by atoms with Crippen LogP contribution in [0.25, 0.3) is 0 Å². The Morgan fingerprint density at radius 1 is 1.38 bits per heavy atom. The maximum absolute atomic E-state index is 11.6. The Labute approximate surface area is 96.1 Å². The molecule has 1 aromatic carbocycles. The first-order valence-corrected chi connectivity index (χ1v) is 5.25. The predicted octanol–water partition coefficient (Wildman–Crippen LogP) is 1.90. The van der Waals surface area contributed by atoms with Gasteiger partial charge >= 0.3 is 0 Å². The van der Waals surface area contributed by atoms with Crippen LogP contribution in [-0.4, -0.2) is 12.5 Å². The molecule has 0 bridgehead atoms. The molecule has 0 fully saturated rings. The molecule has 0 saturated carbocycles. The van der Waals surface area contributed by atoms with Crippen LogP contribution in [0.1, 0.15) is 19.4 Å². The van der Waals surface area contributed by atoms with Crippen LogP contribution >= 0.6 is 0 Å². The number of rotatable bonds is 4. The zero-order valence-corrected chi connectivity index (χ0v) is 9.66. The molecule has 1 N–H and O–H groups in total. The molecule has 0 radical (unpaired) electrons. The van der Waals surface area contributed by atoms with Gasteiger partial charge in [-0.2, -0.15) is 5.26 Å². The van der Waals surface area contributed by atoms with Crippen molar-refractivity contribution in [2.45, 2.75) is 20.3 Å². The molecule has 3 heteroatoms. The highest BCUT2D eigenvalue weighted by Crippen LogP contribution is 2.10. The van der Waals surface area contributed by atoms with Gasteiger partial charge in [0.05, 0.1) is 17.9 Å². The summed E-state index contributed by atoms with van der Waals surface area (Å²) >= 11 is 0. The Balaban J connectivity index is 2.41. The van der Waals surface area contributed by atoms with Gasteiger partial charge in [-0.05, 0) is 19.4 Å². The van der Waals surface area contributed by atoms with Crippen LogP contribution in [0, 0.1) is 16.7 Å². The van der Waals surface area contributed by atoms with Crippen LogP contribution in [0.15, 0.2) is 30.3 Å². The lowest BCUT2D eigenvalue weighted by Crippen LogP contribution is -2.34. The Morgan fingerprint density at radius 2 is 2.00 bits per heavy atom. The quantitative estimate of drug-likeness (QED) is 0.835. The smallest absolute Gasteiger partial charge is 0.224 e. The van der Waals surface area contributed by atoms with Crippen molar-refractivity contribution in [1.82, 2.24) is 5.32 Å². The fourth-order valence-corrected chi connectivity index (χ4v) is 1.20. The van der Waals surface area contributed by atoms with Crippen LogP contribution in [0.2, 0.25) is 0 Å². The molecule has 0 atom stereocenters. The average Bonchev–Trinajstić information content (AvgIpc) is 2.28. The molecule has 1 rings (SSSR count). The molecule has 0 spiro atoms. The monoisotopic (exact) mass is 216 g/mol. The van der Waals surface area contributed by atoms with Crippen molar-refractivity contribution in [2.24, 2.45) is 5.41 Å². The number of nitriles is 1. The van der Waals surface area contributed by atoms with Crippen molar-refractivity contribution in [3.8, 4) is 6.07 Å². The zero-order chi connectivity index (χ0) is 12.0. The van der Waals surface area contributed by atoms with E-state index in [1.54, 1.807) is 13.8 Å². The van der Waals surface area contributed by atoms with Crippen LogP contribution in [-0.2, 0) is 11.2 Å². The van der Waals surface area contributed by atoms with E-state index in [0.29, 0.717) is 13.0 Å². The molecule has 1 aromatic rings. The highest BCUT2D eigenvalue weighted by Gasteiger charge is 2.17. The van der Waals surface area contributed by atoms with E-state index in [-0.39, 0.29) is 5.91 Å². The summed E-state index contributed by atoms with van der Waals surface area (Å²) in [5, 5.41) is 11.6. The molecule has 1 amide bonds. The summed E-state index contributed by atoms with van der Waals surface area (Å²) in [7, 11) is 0. The summed E-state index contributed by atoms with van der Waals surface area (Å²) in [5.74, 6) is -0.0467. The summed E-state index contributed by atoms with van der Waals surface area (Å²) in [6.45, 7) is 3.99. The molecule has 0 heterocycles. The molecule has 3 nitrogen and oxygen atoms in total. The van der Waals surface area contributed by atoms with E-state index in [1.165, 1.54) is 0 Å². The van der Waals surface area contributed by atoms with E-state index in [2.05, 4.69) is 11.4 Å². The number of amides is 1. The molecule has 0 aliphatic heterocycles. The number of carbonyl (C=O) groups excluding carboxylic acids is 1. The fourth-order valence-electron chi connectivity index (χ4n) is 1.20. The molecule has 16 heavy (non-hydrogen) atoms. The van der Waals surface area contributed by atoms with Crippen molar-refractivity contribution in [1.29, 1.82) is 5.26 Å². The first kappa shape index (κ1) is 12.3. The minimum Gasteiger partial charge on any atom is -0.354 e. The predicted molar refractivity (Wildman–Crippen MR) is 62.5 cm³/mol. The number of benzene rings is 1. The number of hydrogen-bond acceptors (Lipinski definition) is 2. The molecule has 0 aliphatic carbocycles. The Hall–Kier alpha value is -1.82. The number of nitrogens with one attached hydrogen (secondary N) is 1. The summed E-state index contributed by atoms with van der Waals surface area (Å²) < 4.78 is 0. The Morgan fingerprint density at radius 3 is 2.56 bits per heavy atom. The van der Waals surface area contributed by atoms with Crippen molar-refractivity contribution >= 4 is 5.91 Å². The van der Waals surface area contributed by atoms with Crippen molar-refractivity contribution in [3.63, 3.8) is 0 Å². The van der Waals surface area contributed by atoms with Gasteiger partial charge in [0.2, 0.25) is 5.91 Å². The highest BCUT2D eigenvalue weighted by atomic mass is 16.1. The van der Waals surface area contributed by atoms with E-state index in [4.69, 9.17) is 5.26 Å². The second kappa shape index (κ2) is 5.32. The van der Waals surface area contributed by atoms with E-state index in [9.17, 15) is 4.79 Å². The molecule has 0 saturated heterocycles. The molecule has 0 unspecified atom stereocenters. The van der Waals surface area contributed by atoms with Crippen LogP contribution in [0.5, 0.6) is 0 Å². The van der Waals surface area contributed by atoms with Crippen LogP contribution < -0.4 is 5.32 Å². The van der Waals surface area contributed by atoms with E-state index in [1.807, 2.05) is 30.3 Å². The SMILES string of the molecule is CC(C)(C#N)CNC(=O)Cc1ccccc1. The third kappa shape index (κ3) is 4.14. The Kier molecular flexibility index (Phi) is 4.07. The number of nitrogens with zero attached hydrogens (tertiary/aromatic N) is 1. The first-order valence-electron chi connectivity index (χ1n) is 5.25. The van der Waals surface area contributed by atoms with Gasteiger partial charge in [-0.25, -0.2) is 0 Å². The normalized spacial score (nSPS) is 10.6. The largest absolute Gasteiger partial charge is 0.354 e. The lowest BCUT2D eigenvalue weighted by atomic mass is 9.96. The van der Waals surface area contributed by atoms with Gasteiger partial charge in [0, 0.05) is 6.54 Å². The third-order valence-corrected chi connectivity index (χ3v) is 2.24. The summed E-state index contributed by atoms with van der Waals surface area (Å²) in [4.78, 5) is 11.6. The van der Waals surface area contributed by atoms with Gasteiger partial charge in [0.15, 0.2) is 0 Å². The van der Waals surface area contributed by atoms with Gasteiger partial charge in [0.1, 0.15) is 0 Å². The summed E-state index contributed by atoms with van der Waals surface area (Å²) in [5.41, 5.74) is 0.474. The number of hydrogen-bond donors (Lipinski definition) is 1. The van der Waals surface area contributed by atoms with Gasteiger partial charge in [-0.1, -0.05) is 30.3 Å². The van der Waals surface area contributed by atoms with E-state index < -0.39 is 5.41 Å². The maximum Gasteiger partial charge on any atom is 0.224 e. The first-order chi connectivity index (χ1) is 7.53. The van der Waals surface area contributed by atoms with Crippen LogP contribution in [0.3, 0.4) is 0 Å². The topological polar surface area (TPSA) is 52.9 Å². The Bertz CT molecular complexity index is 390. The van der Waals surface area contributed by atoms with Crippen molar-refractivity contribution < 1.29 is 4.79 Å². The minimum atomic E-state index is -0.508. The second-order valence-electron chi connectivity index (χ2n) is 4.43. The zero-order valence-electron chi connectivity index (χ0n) is 9.66. The molecular formula is C13H16N2O. The van der Waals surface area contributed by atoms with Gasteiger partial charge in [-0.15, -0.1) is 0 Å². The van der Waals surface area contributed by atoms with Crippen molar-refractivity contribution in [3.05, 3.63) is 35.9 Å². The van der Waals surface area contributed by atoms with Gasteiger partial charge in [-0.3, -0.25) is 4.79 Å². The number of carbonyl (C=O) groups is 1. The molecule has 84 valence electrons. The fraction of sp³-hybridized carbons (Fsp3) is 0.385. The summed E-state index contributed by atoms with van der Waals surface area (Å²) in [6, 6.07) is 11.7.